The number of nitrogen functional groups attached to an aromatic ring is 1. The highest BCUT2D eigenvalue weighted by molar-refractivity contribution is 5.91. The summed E-state index contributed by atoms with van der Waals surface area (Å²) in [5.41, 5.74) is 5.51. The molecule has 1 fully saturated rings. The normalized spacial score (nSPS) is 27.1. The molecule has 9 heteroatoms. The van der Waals surface area contributed by atoms with E-state index in [-0.39, 0.29) is 34.8 Å². The Kier molecular flexibility index (Phi) is 3.06. The maximum absolute atomic E-state index is 12.6. The van der Waals surface area contributed by atoms with Crippen molar-refractivity contribution in [3.63, 3.8) is 0 Å². The molecule has 1 aliphatic heterocycles. The van der Waals surface area contributed by atoms with Crippen molar-refractivity contribution in [2.75, 3.05) is 51.4 Å². The first-order chi connectivity index (χ1) is 18.2. The van der Waals surface area contributed by atoms with Crippen molar-refractivity contribution in [2.24, 2.45) is 0 Å². The molecule has 1 amide bonds. The van der Waals surface area contributed by atoms with Crippen molar-refractivity contribution in [3.8, 4) is 11.5 Å². The minimum absolute atomic E-state index is 0.0237. The number of ether oxygens (including phenoxy) is 3. The van der Waals surface area contributed by atoms with Crippen LogP contribution in [0.2, 0.25) is 0 Å². The molecule has 2 heterocycles. The van der Waals surface area contributed by atoms with Gasteiger partial charge in [0.1, 0.15) is 11.9 Å². The SMILES string of the molecule is [2H]c1c(OC)c(OC)c([2H])c2c(N)nc(N(C([2H])([2H])[2H])C([2H])([2H])C([2H])([2H])C([2H])([2H])NC(=O)C3([2H])CCCO3)nc12. The molecule has 0 saturated carbocycles. The molecule has 1 aromatic heterocycles. The number of fused-ring (bicyclic) bond motifs is 1. The summed E-state index contributed by atoms with van der Waals surface area (Å²) in [6, 6.07) is -0.958. The molecule has 2 aromatic rings. The monoisotopic (exact) mass is 401 g/mol. The molecule has 3 N–H and O–H groups in total. The summed E-state index contributed by atoms with van der Waals surface area (Å²) in [6.07, 6.45) is -5.92. The number of methoxy groups -OCH3 is 2. The van der Waals surface area contributed by atoms with Crippen LogP contribution >= 0.6 is 0 Å². The number of rotatable bonds is 8. The van der Waals surface area contributed by atoms with E-state index in [1.165, 1.54) is 14.2 Å². The van der Waals surface area contributed by atoms with Crippen LogP contribution in [0.5, 0.6) is 11.5 Å². The van der Waals surface area contributed by atoms with Crippen molar-refractivity contribution in [3.05, 3.63) is 12.1 Å². The Balaban J connectivity index is 2.20. The van der Waals surface area contributed by atoms with Crippen LogP contribution in [0.1, 0.15) is 35.7 Å². The van der Waals surface area contributed by atoms with Crippen molar-refractivity contribution in [1.82, 2.24) is 15.3 Å². The van der Waals surface area contributed by atoms with Gasteiger partial charge in [-0.2, -0.15) is 4.98 Å². The molecule has 152 valence electrons. The van der Waals surface area contributed by atoms with E-state index in [0.29, 0.717) is 6.42 Å². The molecule has 0 bridgehead atoms. The van der Waals surface area contributed by atoms with Crippen LogP contribution in [0.15, 0.2) is 12.1 Å². The van der Waals surface area contributed by atoms with E-state index in [1.807, 2.05) is 0 Å². The third kappa shape index (κ3) is 4.36. The summed E-state index contributed by atoms with van der Waals surface area (Å²) >= 11 is 0. The van der Waals surface area contributed by atoms with Gasteiger partial charge in [0.25, 0.3) is 0 Å². The molecular weight excluding hydrogens is 362 g/mol. The quantitative estimate of drug-likeness (QED) is 0.682. The van der Waals surface area contributed by atoms with E-state index in [0.717, 1.165) is 0 Å². The molecular formula is C19H27N5O4. The van der Waals surface area contributed by atoms with E-state index < -0.39 is 67.7 Å². The van der Waals surface area contributed by atoms with Gasteiger partial charge in [-0.05, 0) is 25.3 Å². The van der Waals surface area contributed by atoms with Gasteiger partial charge in [0.05, 0.1) is 23.8 Å². The average molecular weight is 402 g/mol. The van der Waals surface area contributed by atoms with Gasteiger partial charge in [-0.3, -0.25) is 4.79 Å². The maximum atomic E-state index is 12.6. The number of nitrogens with one attached hydrogen (secondary N) is 1. The number of anilines is 2. The first-order valence-corrected chi connectivity index (χ1v) is 8.13. The minimum atomic E-state index is -3.85. The van der Waals surface area contributed by atoms with Crippen LogP contribution in [0.25, 0.3) is 10.9 Å². The number of hydrogen-bond donors (Lipinski definition) is 2. The predicted octanol–water partition coefficient (Wildman–Crippen LogP) is 1.35. The summed E-state index contributed by atoms with van der Waals surface area (Å²) < 4.78 is 114. The van der Waals surface area contributed by atoms with Gasteiger partial charge in [-0.25, -0.2) is 4.98 Å². The Hall–Kier alpha value is -2.81. The number of hydrogen-bond acceptors (Lipinski definition) is 8. The number of carbonyl (C=O) groups is 1. The van der Waals surface area contributed by atoms with Crippen LogP contribution in [0.4, 0.5) is 11.8 Å². The number of amides is 1. The molecule has 1 atom stereocenters. The Morgan fingerprint density at radius 1 is 1.50 bits per heavy atom. The number of nitrogens with two attached hydrogens (primary N) is 1. The van der Waals surface area contributed by atoms with Crippen molar-refractivity contribution in [2.45, 2.75) is 25.3 Å². The van der Waals surface area contributed by atoms with Crippen LogP contribution < -0.4 is 25.4 Å². The fourth-order valence-corrected chi connectivity index (χ4v) is 2.37. The highest BCUT2D eigenvalue weighted by atomic mass is 16.5. The van der Waals surface area contributed by atoms with Gasteiger partial charge in [0, 0.05) is 50.3 Å². The summed E-state index contributed by atoms with van der Waals surface area (Å²) in [4.78, 5) is 20.0. The molecule has 0 aliphatic carbocycles. The maximum Gasteiger partial charge on any atom is 0.249 e. The summed E-state index contributed by atoms with van der Waals surface area (Å²) in [7, 11) is 2.37. The lowest BCUT2D eigenvalue weighted by Crippen LogP contribution is -2.36. The lowest BCUT2D eigenvalue weighted by molar-refractivity contribution is -0.130. The Labute approximate surface area is 181 Å². The van der Waals surface area contributed by atoms with E-state index in [9.17, 15) is 4.79 Å². The number of benzene rings is 1. The fourth-order valence-electron chi connectivity index (χ4n) is 2.37. The number of carbonyl (C=O) groups excluding carboxylic acids is 1. The lowest BCUT2D eigenvalue weighted by atomic mass is 10.2. The van der Waals surface area contributed by atoms with E-state index in [1.54, 1.807) is 5.32 Å². The third-order valence-electron chi connectivity index (χ3n) is 3.69. The predicted molar refractivity (Wildman–Crippen MR) is 107 cm³/mol. The van der Waals surface area contributed by atoms with Gasteiger partial charge in [0.15, 0.2) is 11.5 Å². The van der Waals surface area contributed by atoms with Gasteiger partial charge in [0.2, 0.25) is 11.9 Å². The van der Waals surface area contributed by atoms with Crippen molar-refractivity contribution >= 4 is 28.6 Å². The zero-order valence-electron chi connectivity index (χ0n) is 27.2. The molecule has 1 aromatic carbocycles. The van der Waals surface area contributed by atoms with Crippen molar-refractivity contribution < 1.29 is 35.5 Å². The zero-order chi connectivity index (χ0) is 30.6. The van der Waals surface area contributed by atoms with Crippen LogP contribution in [-0.4, -0.2) is 62.8 Å². The third-order valence-corrected chi connectivity index (χ3v) is 3.69. The molecule has 1 aliphatic rings. The van der Waals surface area contributed by atoms with E-state index in [2.05, 4.69) is 9.97 Å². The van der Waals surface area contributed by atoms with Crippen LogP contribution in [0.3, 0.4) is 0 Å². The van der Waals surface area contributed by atoms with Gasteiger partial charge < -0.3 is 30.2 Å². The van der Waals surface area contributed by atoms with E-state index >= 15 is 0 Å². The standard InChI is InChI=1S/C19H27N5O4/c1-24(8-5-7-21-18(25)14-6-4-9-28-14)19-22-13-11-16(27-3)15(26-2)10-12(13)17(20)23-19/h10-11,14H,4-9H2,1-3H3,(H,21,25)(H2,20,22,23)/i1D3,5D2,7D2,8D2,10D,11D,14D. The first kappa shape index (κ1) is 9.60. The van der Waals surface area contributed by atoms with E-state index in [4.69, 9.17) is 36.4 Å². The number of nitrogens with zero attached hydrogens (tertiary/aromatic N) is 3. The lowest BCUT2D eigenvalue weighted by Gasteiger charge is -2.19. The van der Waals surface area contributed by atoms with Gasteiger partial charge >= 0.3 is 0 Å². The molecule has 0 spiro atoms. The molecule has 9 nitrogen and oxygen atoms in total. The second-order valence-corrected chi connectivity index (χ2v) is 5.48. The number of aromatic nitrogens is 2. The molecule has 3 rings (SSSR count). The largest absolute Gasteiger partial charge is 0.493 e. The Morgan fingerprint density at radius 2 is 2.29 bits per heavy atom. The second kappa shape index (κ2) is 8.92. The smallest absolute Gasteiger partial charge is 0.249 e. The highest BCUT2D eigenvalue weighted by Crippen LogP contribution is 2.33. The summed E-state index contributed by atoms with van der Waals surface area (Å²) in [6.45, 7) is -11.0. The zero-order valence-corrected chi connectivity index (χ0v) is 15.2. The minimum Gasteiger partial charge on any atom is -0.493 e. The molecule has 1 unspecified atom stereocenters. The fraction of sp³-hybridized carbons (Fsp3) is 0.526. The summed E-state index contributed by atoms with van der Waals surface area (Å²) in [5.74, 6) is -3.53. The average Bonchev–Trinajstić information content (AvgIpc) is 3.27. The van der Waals surface area contributed by atoms with Crippen LogP contribution in [0, 0.1) is 0 Å². The van der Waals surface area contributed by atoms with Crippen molar-refractivity contribution in [1.29, 1.82) is 0 Å². The highest BCUT2D eigenvalue weighted by Gasteiger charge is 2.22. The Morgan fingerprint density at radius 3 is 2.96 bits per heavy atom. The van der Waals surface area contributed by atoms with Gasteiger partial charge in [-0.15, -0.1) is 0 Å². The molecule has 1 saturated heterocycles. The molecule has 0 radical (unpaired) electrons. The first-order valence-electron chi connectivity index (χ1n) is 14.1. The second-order valence-electron chi connectivity index (χ2n) is 5.48. The molecule has 28 heavy (non-hydrogen) atoms. The Bertz CT molecular complexity index is 1320. The van der Waals surface area contributed by atoms with Crippen LogP contribution in [-0.2, 0) is 9.53 Å². The summed E-state index contributed by atoms with van der Waals surface area (Å²) in [5, 5.41) is 1.37. The topological polar surface area (TPSA) is 112 Å². The van der Waals surface area contributed by atoms with Gasteiger partial charge in [-0.1, -0.05) is 0 Å².